The summed E-state index contributed by atoms with van der Waals surface area (Å²) in [7, 11) is 2.10. The highest BCUT2D eigenvalue weighted by atomic mass is 16.2. The number of nitrogens with one attached hydrogen (secondary N) is 2. The molecular weight excluding hydrogens is 362 g/mol. The van der Waals surface area contributed by atoms with Crippen molar-refractivity contribution in [2.45, 2.75) is 19.3 Å². The van der Waals surface area contributed by atoms with Crippen LogP contribution in [0, 0.1) is 5.92 Å². The molecule has 1 aliphatic heterocycles. The molecule has 6 heteroatoms. The summed E-state index contributed by atoms with van der Waals surface area (Å²) in [5, 5.41) is 16.8. The molecule has 6 nitrogen and oxygen atoms in total. The predicted molar refractivity (Wildman–Crippen MR) is 116 cm³/mol. The van der Waals surface area contributed by atoms with Crippen LogP contribution in [0.2, 0.25) is 0 Å². The molecule has 2 aromatic carbocycles. The summed E-state index contributed by atoms with van der Waals surface area (Å²) >= 11 is 0. The van der Waals surface area contributed by atoms with Crippen molar-refractivity contribution in [1.29, 1.82) is 0 Å². The first kappa shape index (κ1) is 17.8. The Hall–Kier alpha value is -3.25. The van der Waals surface area contributed by atoms with Gasteiger partial charge in [0.05, 0.1) is 24.0 Å². The molecule has 0 radical (unpaired) electrons. The number of hydrogen-bond acceptors (Lipinski definition) is 5. The van der Waals surface area contributed by atoms with Crippen molar-refractivity contribution in [2.24, 2.45) is 5.92 Å². The normalized spacial score (nSPS) is 15.9. The predicted octanol–water partition coefficient (Wildman–Crippen LogP) is 3.67. The van der Waals surface area contributed by atoms with Gasteiger partial charge >= 0.3 is 0 Å². The molecule has 0 spiro atoms. The molecule has 0 atom stereocenters. The Bertz CT molecular complexity index is 1130. The van der Waals surface area contributed by atoms with Crippen molar-refractivity contribution < 1.29 is 9.68 Å². The second kappa shape index (κ2) is 7.29. The highest BCUT2D eigenvalue weighted by Gasteiger charge is 2.37. The molecule has 1 aromatic heterocycles. The zero-order chi connectivity index (χ0) is 19.8. The number of hydrogen-bond donors (Lipinski definition) is 3. The van der Waals surface area contributed by atoms with Crippen molar-refractivity contribution in [3.8, 4) is 0 Å². The van der Waals surface area contributed by atoms with E-state index >= 15 is 0 Å². The second-order valence-corrected chi connectivity index (χ2v) is 7.62. The molecule has 3 N–H and O–H groups in total. The monoisotopic (exact) mass is 386 g/mol. The van der Waals surface area contributed by atoms with Crippen LogP contribution >= 0.6 is 0 Å². The Kier molecular flexibility index (Phi) is 4.48. The van der Waals surface area contributed by atoms with Crippen LogP contribution in [0.25, 0.3) is 10.9 Å². The largest absolute Gasteiger partial charge is 0.396 e. The van der Waals surface area contributed by atoms with Crippen molar-refractivity contribution in [1.82, 2.24) is 9.97 Å². The number of anilines is 3. The standard InChI is InChI=1S/C23H23N5O/c1-28-20(16-8-9-16)14-21(28)26-22-18-4-2-3-5-19(18)25-23(27-22)24-17-10-6-15(7-11-17)12-13-29/h2-7,10-11,14,16,29H,8-9,12-13H2,1H3,(H,24,25,27)/p+1. The summed E-state index contributed by atoms with van der Waals surface area (Å²) in [5.41, 5.74) is 4.31. The average Bonchev–Trinajstić information content (AvgIpc) is 3.57. The molecular formula is C23H24N5O+. The molecule has 2 heterocycles. The van der Waals surface area contributed by atoms with Gasteiger partial charge in [0.2, 0.25) is 11.8 Å². The van der Waals surface area contributed by atoms with Crippen molar-refractivity contribution in [2.75, 3.05) is 24.3 Å². The fourth-order valence-corrected chi connectivity index (χ4v) is 3.66. The average molecular weight is 386 g/mol. The van der Waals surface area contributed by atoms with E-state index in [1.165, 1.54) is 18.6 Å². The quantitative estimate of drug-likeness (QED) is 0.541. The summed E-state index contributed by atoms with van der Waals surface area (Å²) in [6, 6.07) is 16.0. The minimum atomic E-state index is 0.153. The Morgan fingerprint density at radius 2 is 1.83 bits per heavy atom. The van der Waals surface area contributed by atoms with E-state index in [0.717, 1.165) is 39.7 Å². The second-order valence-electron chi connectivity index (χ2n) is 7.62. The maximum atomic E-state index is 9.07. The molecule has 1 fully saturated rings. The van der Waals surface area contributed by atoms with E-state index in [2.05, 4.69) is 33.3 Å². The van der Waals surface area contributed by atoms with E-state index in [1.54, 1.807) is 0 Å². The number of fused-ring (bicyclic) bond motifs is 1. The molecule has 2 aliphatic rings. The number of aliphatic hydroxyl groups excluding tert-OH is 1. The van der Waals surface area contributed by atoms with Crippen LogP contribution < -0.4 is 10.6 Å². The van der Waals surface area contributed by atoms with E-state index in [4.69, 9.17) is 10.1 Å². The van der Waals surface area contributed by atoms with E-state index in [9.17, 15) is 0 Å². The Labute approximate surface area is 169 Å². The molecule has 5 rings (SSSR count). The van der Waals surface area contributed by atoms with Gasteiger partial charge in [0.15, 0.2) is 0 Å². The zero-order valence-electron chi connectivity index (χ0n) is 16.4. The van der Waals surface area contributed by atoms with E-state index < -0.39 is 0 Å². The topological polar surface area (TPSA) is 73.1 Å². The zero-order valence-corrected chi connectivity index (χ0v) is 16.4. The van der Waals surface area contributed by atoms with Gasteiger partial charge in [-0.15, -0.1) is 0 Å². The van der Waals surface area contributed by atoms with Crippen LogP contribution in [-0.4, -0.2) is 39.0 Å². The summed E-state index contributed by atoms with van der Waals surface area (Å²) in [6.07, 6.45) is 5.47. The molecule has 0 unspecified atom stereocenters. The fraction of sp³-hybridized carbons (Fsp3) is 0.261. The minimum absolute atomic E-state index is 0.153. The van der Waals surface area contributed by atoms with Crippen LogP contribution in [0.5, 0.6) is 0 Å². The van der Waals surface area contributed by atoms with Gasteiger partial charge in [0.25, 0.3) is 5.82 Å². The SMILES string of the molecule is C[N+]1=C(C2CC2)C=C1Nc1nc(Nc2ccc(CCO)cc2)nc2ccccc12. The van der Waals surface area contributed by atoms with Crippen LogP contribution in [0.3, 0.4) is 0 Å². The smallest absolute Gasteiger partial charge is 0.284 e. The van der Waals surface area contributed by atoms with Gasteiger partial charge in [0.1, 0.15) is 5.71 Å². The maximum absolute atomic E-state index is 9.07. The third-order valence-electron chi connectivity index (χ3n) is 5.49. The number of allylic oxidation sites excluding steroid dienone is 1. The van der Waals surface area contributed by atoms with Crippen LogP contribution in [0.1, 0.15) is 18.4 Å². The summed E-state index contributed by atoms with van der Waals surface area (Å²) in [4.78, 5) is 9.42. The molecule has 0 saturated heterocycles. The van der Waals surface area contributed by atoms with Gasteiger partial charge in [-0.25, -0.2) is 14.9 Å². The molecule has 0 bridgehead atoms. The van der Waals surface area contributed by atoms with E-state index in [0.29, 0.717) is 12.4 Å². The Morgan fingerprint density at radius 1 is 1.03 bits per heavy atom. The third kappa shape index (κ3) is 3.59. The minimum Gasteiger partial charge on any atom is -0.396 e. The Morgan fingerprint density at radius 3 is 2.55 bits per heavy atom. The van der Waals surface area contributed by atoms with E-state index in [1.807, 2.05) is 48.5 Å². The lowest BCUT2D eigenvalue weighted by atomic mass is 10.1. The first-order valence-corrected chi connectivity index (χ1v) is 10.0. The summed E-state index contributed by atoms with van der Waals surface area (Å²) in [6.45, 7) is 0.153. The number of para-hydroxylation sites is 1. The van der Waals surface area contributed by atoms with Gasteiger partial charge in [-0.05, 0) is 49.1 Å². The third-order valence-corrected chi connectivity index (χ3v) is 5.49. The van der Waals surface area contributed by atoms with Gasteiger partial charge in [-0.2, -0.15) is 4.98 Å². The number of aliphatic hydroxyl groups is 1. The fourth-order valence-electron chi connectivity index (χ4n) is 3.66. The number of rotatable bonds is 7. The van der Waals surface area contributed by atoms with Crippen LogP contribution in [0.4, 0.5) is 17.5 Å². The lowest BCUT2D eigenvalue weighted by Crippen LogP contribution is -2.31. The van der Waals surface area contributed by atoms with Crippen molar-refractivity contribution >= 4 is 34.1 Å². The van der Waals surface area contributed by atoms with Crippen LogP contribution in [-0.2, 0) is 6.42 Å². The van der Waals surface area contributed by atoms with Crippen molar-refractivity contribution in [3.05, 3.63) is 66.0 Å². The number of nitrogens with zero attached hydrogens (tertiary/aromatic N) is 3. The summed E-state index contributed by atoms with van der Waals surface area (Å²) in [5.74, 6) is 3.15. The van der Waals surface area contributed by atoms with Gasteiger partial charge < -0.3 is 10.4 Å². The van der Waals surface area contributed by atoms with Gasteiger partial charge in [-0.1, -0.05) is 24.3 Å². The van der Waals surface area contributed by atoms with E-state index in [-0.39, 0.29) is 6.61 Å². The highest BCUT2D eigenvalue weighted by molar-refractivity contribution is 5.99. The molecule has 29 heavy (non-hydrogen) atoms. The lowest BCUT2D eigenvalue weighted by molar-refractivity contribution is -0.454. The van der Waals surface area contributed by atoms with Gasteiger partial charge in [0, 0.05) is 18.2 Å². The maximum Gasteiger partial charge on any atom is 0.284 e. The molecule has 1 saturated carbocycles. The molecule has 3 aromatic rings. The first-order valence-electron chi connectivity index (χ1n) is 10.0. The number of aromatic nitrogens is 2. The van der Waals surface area contributed by atoms with Crippen LogP contribution in [0.15, 0.2) is 60.4 Å². The molecule has 1 aliphatic carbocycles. The van der Waals surface area contributed by atoms with Gasteiger partial charge in [-0.3, -0.25) is 0 Å². The lowest BCUT2D eigenvalue weighted by Gasteiger charge is -2.17. The number of benzene rings is 2. The first-order chi connectivity index (χ1) is 14.2. The Balaban J connectivity index is 1.42. The highest BCUT2D eigenvalue weighted by Crippen LogP contribution is 2.35. The van der Waals surface area contributed by atoms with Crippen molar-refractivity contribution in [3.63, 3.8) is 0 Å². The summed E-state index contributed by atoms with van der Waals surface area (Å²) < 4.78 is 2.22. The molecule has 146 valence electrons. The molecule has 0 amide bonds.